The van der Waals surface area contributed by atoms with Crippen LogP contribution in [0.2, 0.25) is 6.82 Å². The lowest BCUT2D eigenvalue weighted by molar-refractivity contribution is 0.000381. The first kappa shape index (κ1) is 16.8. The predicted molar refractivity (Wildman–Crippen MR) is 83.2 cm³/mol. The van der Waals surface area contributed by atoms with E-state index in [9.17, 15) is 4.39 Å². The molecule has 1 aromatic rings. The molecule has 0 aliphatic rings. The summed E-state index contributed by atoms with van der Waals surface area (Å²) in [7, 11) is 1.52. The molecule has 0 saturated carbocycles. The summed E-state index contributed by atoms with van der Waals surface area (Å²) in [4.78, 5) is 0. The second kappa shape index (κ2) is 5.64. The maximum Gasteiger partial charge on any atom is 0.328 e. The molecule has 0 amide bonds. The molecule has 0 spiro atoms. The molecule has 0 aliphatic carbocycles. The van der Waals surface area contributed by atoms with E-state index in [4.69, 9.17) is 15.1 Å². The number of methoxy groups -OCH3 is 1. The Morgan fingerprint density at radius 1 is 1.15 bits per heavy atom. The van der Waals surface area contributed by atoms with Crippen molar-refractivity contribution in [2.75, 3.05) is 12.8 Å². The summed E-state index contributed by atoms with van der Waals surface area (Å²) < 4.78 is 25.0. The van der Waals surface area contributed by atoms with Crippen molar-refractivity contribution < 1.29 is 13.8 Å². The van der Waals surface area contributed by atoms with Gasteiger partial charge in [0.05, 0.1) is 18.4 Å². The van der Waals surface area contributed by atoms with Gasteiger partial charge < -0.3 is 15.1 Å². The highest BCUT2D eigenvalue weighted by molar-refractivity contribution is 6.67. The minimum atomic E-state index is -0.387. The number of hydrogen-bond donors (Lipinski definition) is 1. The molecular weight excluding hydrogens is 256 g/mol. The summed E-state index contributed by atoms with van der Waals surface area (Å²) in [5.74, 6) is 0.0888. The third kappa shape index (κ3) is 3.45. The molecule has 0 radical (unpaired) electrons. The molecule has 0 bridgehead atoms. The standard InChI is InChI=1S/C15H25BFNO2/c1-14(2,3)15(4,5)20-16(6)11-8-10(17)9-12(18)13(11)19-7/h8-9H,18H2,1-7H3. The number of nitrogens with two attached hydrogens (primary N) is 1. The number of anilines is 1. The Balaban J connectivity index is 3.13. The minimum Gasteiger partial charge on any atom is -0.495 e. The van der Waals surface area contributed by atoms with Crippen molar-refractivity contribution in [2.24, 2.45) is 5.41 Å². The Morgan fingerprint density at radius 3 is 2.15 bits per heavy atom. The molecule has 0 heterocycles. The number of ether oxygens (including phenoxy) is 1. The predicted octanol–water partition coefficient (Wildman–Crippen LogP) is 3.09. The van der Waals surface area contributed by atoms with E-state index in [0.29, 0.717) is 11.2 Å². The van der Waals surface area contributed by atoms with Crippen molar-refractivity contribution in [3.05, 3.63) is 17.9 Å². The average Bonchev–Trinajstić information content (AvgIpc) is 2.25. The van der Waals surface area contributed by atoms with Gasteiger partial charge in [-0.15, -0.1) is 0 Å². The lowest BCUT2D eigenvalue weighted by atomic mass is 9.61. The van der Waals surface area contributed by atoms with Gasteiger partial charge in [-0.3, -0.25) is 0 Å². The van der Waals surface area contributed by atoms with E-state index in [2.05, 4.69) is 20.8 Å². The lowest BCUT2D eigenvalue weighted by Crippen LogP contribution is -2.47. The van der Waals surface area contributed by atoms with Crippen molar-refractivity contribution in [3.8, 4) is 5.75 Å². The summed E-state index contributed by atoms with van der Waals surface area (Å²) in [5, 5.41) is 0. The van der Waals surface area contributed by atoms with Crippen LogP contribution >= 0.6 is 0 Å². The number of hydrogen-bond acceptors (Lipinski definition) is 3. The topological polar surface area (TPSA) is 44.5 Å². The first-order chi connectivity index (χ1) is 8.99. The first-order valence-corrected chi connectivity index (χ1v) is 6.80. The second-order valence-corrected chi connectivity index (χ2v) is 6.64. The van der Waals surface area contributed by atoms with Gasteiger partial charge in [0, 0.05) is 6.07 Å². The zero-order valence-electron chi connectivity index (χ0n) is 13.5. The van der Waals surface area contributed by atoms with Gasteiger partial charge in [-0.25, -0.2) is 4.39 Å². The van der Waals surface area contributed by atoms with Gasteiger partial charge in [0.2, 0.25) is 0 Å². The molecule has 0 atom stereocenters. The lowest BCUT2D eigenvalue weighted by Gasteiger charge is -2.41. The highest BCUT2D eigenvalue weighted by Crippen LogP contribution is 2.34. The molecule has 1 aromatic carbocycles. The molecule has 2 N–H and O–H groups in total. The Hall–Kier alpha value is -1.23. The number of benzene rings is 1. The van der Waals surface area contributed by atoms with Crippen LogP contribution in [0.5, 0.6) is 5.75 Å². The van der Waals surface area contributed by atoms with Gasteiger partial charge in [-0.2, -0.15) is 0 Å². The summed E-state index contributed by atoms with van der Waals surface area (Å²) >= 11 is 0. The van der Waals surface area contributed by atoms with Crippen molar-refractivity contribution in [2.45, 2.75) is 47.0 Å². The van der Waals surface area contributed by atoms with Crippen LogP contribution in [0.25, 0.3) is 0 Å². The Morgan fingerprint density at radius 2 is 1.70 bits per heavy atom. The van der Waals surface area contributed by atoms with E-state index >= 15 is 0 Å². The van der Waals surface area contributed by atoms with Crippen molar-refractivity contribution >= 4 is 18.1 Å². The monoisotopic (exact) mass is 281 g/mol. The average molecular weight is 281 g/mol. The molecule has 5 heteroatoms. The van der Waals surface area contributed by atoms with Gasteiger partial charge in [-0.1, -0.05) is 27.6 Å². The molecule has 0 aliphatic heterocycles. The zero-order chi connectivity index (χ0) is 15.7. The van der Waals surface area contributed by atoms with Crippen molar-refractivity contribution in [1.82, 2.24) is 0 Å². The van der Waals surface area contributed by atoms with E-state index in [1.165, 1.54) is 19.2 Å². The molecular formula is C15H25BFNO2. The smallest absolute Gasteiger partial charge is 0.328 e. The van der Waals surface area contributed by atoms with Gasteiger partial charge in [-0.05, 0) is 30.8 Å². The van der Waals surface area contributed by atoms with Crippen LogP contribution in [-0.4, -0.2) is 19.6 Å². The SMILES string of the molecule is COc1c(N)cc(F)cc1B(C)OC(C)(C)C(C)(C)C. The van der Waals surface area contributed by atoms with E-state index in [1.54, 1.807) is 0 Å². The van der Waals surface area contributed by atoms with Crippen LogP contribution in [-0.2, 0) is 4.65 Å². The van der Waals surface area contributed by atoms with Crippen molar-refractivity contribution in [3.63, 3.8) is 0 Å². The van der Waals surface area contributed by atoms with E-state index in [-0.39, 0.29) is 29.4 Å². The van der Waals surface area contributed by atoms with Crippen LogP contribution in [0.1, 0.15) is 34.6 Å². The zero-order valence-corrected chi connectivity index (χ0v) is 13.5. The van der Waals surface area contributed by atoms with E-state index < -0.39 is 0 Å². The third-order valence-corrected chi connectivity index (χ3v) is 4.03. The fourth-order valence-corrected chi connectivity index (χ4v) is 1.86. The summed E-state index contributed by atoms with van der Waals surface area (Å²) in [6.45, 7) is 11.9. The van der Waals surface area contributed by atoms with Crippen LogP contribution < -0.4 is 15.9 Å². The number of halogens is 1. The molecule has 1 rings (SSSR count). The normalized spacial score (nSPS) is 12.4. The summed E-state index contributed by atoms with van der Waals surface area (Å²) in [6.07, 6.45) is 0. The van der Waals surface area contributed by atoms with Gasteiger partial charge in [0.15, 0.2) is 0 Å². The molecule has 0 unspecified atom stereocenters. The fraction of sp³-hybridized carbons (Fsp3) is 0.600. The van der Waals surface area contributed by atoms with Crippen LogP contribution in [0.15, 0.2) is 12.1 Å². The highest BCUT2D eigenvalue weighted by Gasteiger charge is 2.37. The Bertz CT molecular complexity index is 483. The molecule has 112 valence electrons. The number of rotatable bonds is 4. The molecule has 20 heavy (non-hydrogen) atoms. The minimum absolute atomic E-state index is 0.0482. The first-order valence-electron chi connectivity index (χ1n) is 6.80. The quantitative estimate of drug-likeness (QED) is 0.681. The molecule has 0 saturated heterocycles. The fourth-order valence-electron chi connectivity index (χ4n) is 1.86. The number of nitrogen functional groups attached to an aromatic ring is 1. The van der Waals surface area contributed by atoms with Gasteiger partial charge in [0.1, 0.15) is 11.6 Å². The maximum absolute atomic E-state index is 13.6. The summed E-state index contributed by atoms with van der Waals surface area (Å²) in [5.41, 5.74) is 6.29. The molecule has 0 aromatic heterocycles. The van der Waals surface area contributed by atoms with Gasteiger partial charge in [0.25, 0.3) is 0 Å². The largest absolute Gasteiger partial charge is 0.495 e. The van der Waals surface area contributed by atoms with E-state index in [0.717, 1.165) is 0 Å². The Kier molecular flexibility index (Phi) is 4.75. The van der Waals surface area contributed by atoms with Crippen LogP contribution in [0, 0.1) is 11.2 Å². The maximum atomic E-state index is 13.6. The van der Waals surface area contributed by atoms with Gasteiger partial charge >= 0.3 is 6.92 Å². The second-order valence-electron chi connectivity index (χ2n) is 6.64. The van der Waals surface area contributed by atoms with Crippen LogP contribution in [0.3, 0.4) is 0 Å². The van der Waals surface area contributed by atoms with E-state index in [1.807, 2.05) is 20.7 Å². The molecule has 3 nitrogen and oxygen atoms in total. The highest BCUT2D eigenvalue weighted by atomic mass is 19.1. The molecule has 0 fully saturated rings. The Labute approximate surface area is 121 Å². The van der Waals surface area contributed by atoms with Crippen molar-refractivity contribution in [1.29, 1.82) is 0 Å². The van der Waals surface area contributed by atoms with Crippen LogP contribution in [0.4, 0.5) is 10.1 Å². The summed E-state index contributed by atoms with van der Waals surface area (Å²) in [6, 6.07) is 2.67. The third-order valence-electron chi connectivity index (χ3n) is 4.03.